The van der Waals surface area contributed by atoms with E-state index < -0.39 is 32.0 Å². The van der Waals surface area contributed by atoms with Crippen LogP contribution in [0.25, 0.3) is 0 Å². The van der Waals surface area contributed by atoms with Crippen LogP contribution in [0.3, 0.4) is 0 Å². The Labute approximate surface area is 194 Å². The Morgan fingerprint density at radius 2 is 1.27 bits per heavy atom. The molecule has 1 aliphatic rings. The van der Waals surface area contributed by atoms with Gasteiger partial charge in [-0.25, -0.2) is 16.8 Å². The molecule has 2 aromatic carbocycles. The van der Waals surface area contributed by atoms with Gasteiger partial charge in [0.15, 0.2) is 0 Å². The predicted molar refractivity (Wildman–Crippen MR) is 121 cm³/mol. The number of nitrogens with zero attached hydrogens (tertiary/aromatic N) is 2. The second-order valence-corrected chi connectivity index (χ2v) is 11.1. The van der Waals surface area contributed by atoms with Crippen molar-refractivity contribution in [1.29, 1.82) is 0 Å². The normalized spacial score (nSPS) is 16.3. The molecule has 0 radical (unpaired) electrons. The van der Waals surface area contributed by atoms with Crippen LogP contribution in [-0.4, -0.2) is 78.4 Å². The number of sulfonamides is 2. The summed E-state index contributed by atoms with van der Waals surface area (Å²) in [5, 5.41) is 0. The highest BCUT2D eigenvalue weighted by Gasteiger charge is 2.32. The van der Waals surface area contributed by atoms with Crippen LogP contribution in [0.15, 0.2) is 58.3 Å². The van der Waals surface area contributed by atoms with Gasteiger partial charge in [0.05, 0.1) is 30.1 Å². The van der Waals surface area contributed by atoms with E-state index in [4.69, 9.17) is 9.47 Å². The van der Waals surface area contributed by atoms with Crippen LogP contribution in [0, 0.1) is 0 Å². The summed E-state index contributed by atoms with van der Waals surface area (Å²) in [6, 6.07) is 10.9. The first-order valence-electron chi connectivity index (χ1n) is 10.2. The number of nitrogens with one attached hydrogen (secondary N) is 1. The number of rotatable bonds is 8. The minimum Gasteiger partial charge on any atom is -0.497 e. The minimum atomic E-state index is -3.91. The van der Waals surface area contributed by atoms with Gasteiger partial charge in [-0.15, -0.1) is 0 Å². The van der Waals surface area contributed by atoms with Crippen molar-refractivity contribution in [3.63, 3.8) is 0 Å². The van der Waals surface area contributed by atoms with Gasteiger partial charge in [0.1, 0.15) is 11.5 Å². The highest BCUT2D eigenvalue weighted by atomic mass is 32.2. The Hall–Kier alpha value is -2.67. The number of piperazine rings is 1. The van der Waals surface area contributed by atoms with Gasteiger partial charge in [-0.3, -0.25) is 4.79 Å². The van der Waals surface area contributed by atoms with E-state index in [2.05, 4.69) is 4.72 Å². The Bertz CT molecular complexity index is 1170. The van der Waals surface area contributed by atoms with E-state index in [0.29, 0.717) is 11.5 Å². The van der Waals surface area contributed by atoms with E-state index in [0.717, 1.165) is 0 Å². The van der Waals surface area contributed by atoms with Gasteiger partial charge in [-0.05, 0) is 55.5 Å². The van der Waals surface area contributed by atoms with E-state index in [1.807, 2.05) is 0 Å². The Kier molecular flexibility index (Phi) is 7.62. The fourth-order valence-electron chi connectivity index (χ4n) is 3.43. The van der Waals surface area contributed by atoms with E-state index >= 15 is 0 Å². The molecule has 12 heteroatoms. The van der Waals surface area contributed by atoms with Gasteiger partial charge >= 0.3 is 0 Å². The van der Waals surface area contributed by atoms with Gasteiger partial charge in [0, 0.05) is 26.2 Å². The van der Waals surface area contributed by atoms with Crippen molar-refractivity contribution in [1.82, 2.24) is 13.9 Å². The van der Waals surface area contributed by atoms with Crippen molar-refractivity contribution in [3.05, 3.63) is 48.5 Å². The number of hydrogen-bond acceptors (Lipinski definition) is 7. The van der Waals surface area contributed by atoms with Crippen molar-refractivity contribution in [2.45, 2.75) is 22.8 Å². The smallest absolute Gasteiger partial charge is 0.243 e. The zero-order chi connectivity index (χ0) is 24.2. The molecule has 1 heterocycles. The molecule has 33 heavy (non-hydrogen) atoms. The molecule has 1 fully saturated rings. The van der Waals surface area contributed by atoms with Crippen LogP contribution >= 0.6 is 0 Å². The first-order valence-corrected chi connectivity index (χ1v) is 13.1. The zero-order valence-corrected chi connectivity index (χ0v) is 20.2. The standard InChI is InChI=1S/C21H27N3O7S2/c1-16(22-32(26,27)19-8-4-17(30-2)5-9-19)21(25)23-12-14-24(15-13-23)33(28,29)20-10-6-18(31-3)7-11-20/h4-11,16,22H,12-15H2,1-3H3/t16-/m0/s1. The van der Waals surface area contributed by atoms with Gasteiger partial charge in [-0.2, -0.15) is 9.03 Å². The molecule has 1 N–H and O–H groups in total. The van der Waals surface area contributed by atoms with E-state index in [-0.39, 0.29) is 36.0 Å². The monoisotopic (exact) mass is 497 g/mol. The van der Waals surface area contributed by atoms with Crippen LogP contribution in [0.5, 0.6) is 11.5 Å². The fraction of sp³-hybridized carbons (Fsp3) is 0.381. The molecule has 3 rings (SSSR count). The molecule has 0 bridgehead atoms. The summed E-state index contributed by atoms with van der Waals surface area (Å²) in [5.41, 5.74) is 0. The van der Waals surface area contributed by atoms with Crippen LogP contribution in [-0.2, 0) is 24.8 Å². The average molecular weight is 498 g/mol. The summed E-state index contributed by atoms with van der Waals surface area (Å²) >= 11 is 0. The largest absolute Gasteiger partial charge is 0.497 e. The third-order valence-electron chi connectivity index (χ3n) is 5.32. The topological polar surface area (TPSA) is 122 Å². The van der Waals surface area contributed by atoms with E-state index in [1.165, 1.54) is 66.7 Å². The number of carbonyl (C=O) groups is 1. The highest BCUT2D eigenvalue weighted by molar-refractivity contribution is 7.89. The summed E-state index contributed by atoms with van der Waals surface area (Å²) in [4.78, 5) is 14.4. The summed E-state index contributed by atoms with van der Waals surface area (Å²) < 4.78 is 64.7. The lowest BCUT2D eigenvalue weighted by Gasteiger charge is -2.35. The highest BCUT2D eigenvalue weighted by Crippen LogP contribution is 2.21. The third kappa shape index (κ3) is 5.64. The molecule has 1 amide bonds. The van der Waals surface area contributed by atoms with Gasteiger partial charge in [0.2, 0.25) is 26.0 Å². The van der Waals surface area contributed by atoms with E-state index in [9.17, 15) is 21.6 Å². The fourth-order valence-corrected chi connectivity index (χ4v) is 6.04. The minimum absolute atomic E-state index is 0.0124. The average Bonchev–Trinajstić information content (AvgIpc) is 2.83. The molecule has 10 nitrogen and oxygen atoms in total. The molecule has 0 spiro atoms. The lowest BCUT2D eigenvalue weighted by Crippen LogP contribution is -2.55. The lowest BCUT2D eigenvalue weighted by molar-refractivity contribution is -0.133. The quantitative estimate of drug-likeness (QED) is 0.575. The second kappa shape index (κ2) is 10.1. The second-order valence-electron chi connectivity index (χ2n) is 7.42. The zero-order valence-electron chi connectivity index (χ0n) is 18.6. The summed E-state index contributed by atoms with van der Waals surface area (Å²) in [5.74, 6) is 0.643. The summed E-state index contributed by atoms with van der Waals surface area (Å²) in [7, 11) is -4.65. The Morgan fingerprint density at radius 3 is 1.73 bits per heavy atom. The van der Waals surface area contributed by atoms with Crippen molar-refractivity contribution in [2.75, 3.05) is 40.4 Å². The number of carbonyl (C=O) groups excluding carboxylic acids is 1. The number of hydrogen-bond donors (Lipinski definition) is 1. The van der Waals surface area contributed by atoms with Crippen LogP contribution in [0.1, 0.15) is 6.92 Å². The maximum Gasteiger partial charge on any atom is 0.243 e. The first kappa shape index (κ1) is 25.0. The summed E-state index contributed by atoms with van der Waals surface area (Å²) in [6.07, 6.45) is 0. The Morgan fingerprint density at radius 1 is 0.818 bits per heavy atom. The molecule has 0 saturated carbocycles. The molecule has 180 valence electrons. The maximum absolute atomic E-state index is 12.9. The van der Waals surface area contributed by atoms with Crippen LogP contribution in [0.4, 0.5) is 0 Å². The predicted octanol–water partition coefficient (Wildman–Crippen LogP) is 0.904. The number of ether oxygens (including phenoxy) is 2. The molecule has 0 unspecified atom stereocenters. The number of benzene rings is 2. The van der Waals surface area contributed by atoms with Gasteiger partial charge in [0.25, 0.3) is 0 Å². The molecule has 1 aliphatic heterocycles. The summed E-state index contributed by atoms with van der Waals surface area (Å²) in [6.45, 7) is 1.99. The molecular formula is C21H27N3O7S2. The SMILES string of the molecule is COc1ccc(S(=O)(=O)N[C@@H](C)C(=O)N2CCN(S(=O)(=O)c3ccc(OC)cc3)CC2)cc1. The number of amides is 1. The van der Waals surface area contributed by atoms with Crippen LogP contribution < -0.4 is 14.2 Å². The molecule has 0 aliphatic carbocycles. The van der Waals surface area contributed by atoms with Gasteiger partial charge in [-0.1, -0.05) is 0 Å². The number of methoxy groups -OCH3 is 2. The Balaban J connectivity index is 1.60. The van der Waals surface area contributed by atoms with Crippen molar-refractivity contribution < 1.29 is 31.1 Å². The van der Waals surface area contributed by atoms with Crippen molar-refractivity contribution in [2.24, 2.45) is 0 Å². The van der Waals surface area contributed by atoms with E-state index in [1.54, 1.807) is 12.1 Å². The molecular weight excluding hydrogens is 470 g/mol. The molecule has 1 saturated heterocycles. The maximum atomic E-state index is 12.9. The van der Waals surface area contributed by atoms with Crippen molar-refractivity contribution >= 4 is 26.0 Å². The van der Waals surface area contributed by atoms with Crippen LogP contribution in [0.2, 0.25) is 0 Å². The van der Waals surface area contributed by atoms with Crippen molar-refractivity contribution in [3.8, 4) is 11.5 Å². The first-order chi connectivity index (χ1) is 15.6. The molecule has 1 atom stereocenters. The molecule has 2 aromatic rings. The van der Waals surface area contributed by atoms with Gasteiger partial charge < -0.3 is 14.4 Å². The molecule has 0 aromatic heterocycles. The lowest BCUT2D eigenvalue weighted by atomic mass is 10.2. The third-order valence-corrected chi connectivity index (χ3v) is 8.79.